The van der Waals surface area contributed by atoms with Crippen LogP contribution >= 0.6 is 0 Å². The summed E-state index contributed by atoms with van der Waals surface area (Å²) in [7, 11) is 0. The van der Waals surface area contributed by atoms with Gasteiger partial charge in [-0.3, -0.25) is 25.2 Å². The highest BCUT2D eigenvalue weighted by Crippen LogP contribution is 2.56. The maximum Gasteiger partial charge on any atom is 0.326 e. The maximum atomic E-state index is 13.3. The average Bonchev–Trinajstić information content (AvgIpc) is 3.59. The molecule has 2 aliphatic rings. The van der Waals surface area contributed by atoms with Crippen LogP contribution in [-0.2, 0) is 16.0 Å². The van der Waals surface area contributed by atoms with Crippen LogP contribution in [-0.4, -0.2) is 49.4 Å². The van der Waals surface area contributed by atoms with Gasteiger partial charge in [0.2, 0.25) is 5.91 Å². The second-order valence-corrected chi connectivity index (χ2v) is 9.96. The van der Waals surface area contributed by atoms with Crippen molar-refractivity contribution in [2.75, 3.05) is 17.2 Å². The van der Waals surface area contributed by atoms with Crippen molar-refractivity contribution in [2.45, 2.75) is 51.0 Å². The monoisotopic (exact) mass is 514 g/mol. The Morgan fingerprint density at radius 1 is 1.05 bits per heavy atom. The van der Waals surface area contributed by atoms with E-state index >= 15 is 0 Å². The van der Waals surface area contributed by atoms with Gasteiger partial charge in [0.15, 0.2) is 0 Å². The smallest absolute Gasteiger partial charge is 0.326 e. The number of nitrogens with one attached hydrogen (secondary N) is 2. The molecule has 0 bridgehead atoms. The summed E-state index contributed by atoms with van der Waals surface area (Å²) in [5, 5.41) is 15.0. The normalized spacial score (nSPS) is 18.4. The van der Waals surface area contributed by atoms with E-state index in [9.17, 15) is 19.5 Å². The minimum absolute atomic E-state index is 0.00138. The molecule has 0 aromatic carbocycles. The van der Waals surface area contributed by atoms with Crippen molar-refractivity contribution in [3.05, 3.63) is 77.9 Å². The number of nitrogens with zero attached hydrogens (tertiary/aromatic N) is 4. The number of carboxylic acids is 1. The van der Waals surface area contributed by atoms with Crippen LogP contribution in [0.3, 0.4) is 0 Å². The lowest BCUT2D eigenvalue weighted by atomic mass is 9.86. The Labute approximate surface area is 220 Å². The molecule has 4 heterocycles. The van der Waals surface area contributed by atoms with Gasteiger partial charge < -0.3 is 10.0 Å². The SMILES string of the molecule is CC(c1cc(C2CCCN2C(=O)Cc2ccc(NC(=O)Nc3ccccn3)nc2)ccn1)C1(C(=O)O)CC1. The number of likely N-dealkylation sites (tertiary alicyclic amines) is 1. The van der Waals surface area contributed by atoms with Gasteiger partial charge in [-0.2, -0.15) is 0 Å². The average molecular weight is 515 g/mol. The molecular weight excluding hydrogens is 484 g/mol. The van der Waals surface area contributed by atoms with E-state index in [1.54, 1.807) is 48.9 Å². The van der Waals surface area contributed by atoms with Gasteiger partial charge in [0.05, 0.1) is 17.9 Å². The quantitative estimate of drug-likeness (QED) is 0.405. The molecule has 3 aromatic rings. The summed E-state index contributed by atoms with van der Waals surface area (Å²) in [6.07, 6.45) is 8.17. The van der Waals surface area contributed by atoms with E-state index in [0.717, 1.165) is 29.7 Å². The molecule has 0 radical (unpaired) electrons. The summed E-state index contributed by atoms with van der Waals surface area (Å²) >= 11 is 0. The summed E-state index contributed by atoms with van der Waals surface area (Å²) in [5.74, 6) is -0.161. The van der Waals surface area contributed by atoms with E-state index in [0.29, 0.717) is 31.0 Å². The number of hydrogen-bond acceptors (Lipinski definition) is 6. The molecule has 1 saturated heterocycles. The first kappa shape index (κ1) is 25.3. The molecule has 1 saturated carbocycles. The molecule has 1 aliphatic carbocycles. The predicted molar refractivity (Wildman–Crippen MR) is 140 cm³/mol. The molecule has 2 unspecified atom stereocenters. The van der Waals surface area contributed by atoms with Gasteiger partial charge in [0, 0.05) is 36.7 Å². The first-order chi connectivity index (χ1) is 18.4. The van der Waals surface area contributed by atoms with Gasteiger partial charge in [0.1, 0.15) is 11.6 Å². The number of carboxylic acid groups (broad SMARTS) is 1. The van der Waals surface area contributed by atoms with Crippen LogP contribution in [0.1, 0.15) is 61.4 Å². The topological polar surface area (TPSA) is 137 Å². The van der Waals surface area contributed by atoms with Crippen LogP contribution in [0.4, 0.5) is 16.4 Å². The van der Waals surface area contributed by atoms with Crippen LogP contribution in [0.5, 0.6) is 0 Å². The summed E-state index contributed by atoms with van der Waals surface area (Å²) in [5.41, 5.74) is 1.79. The van der Waals surface area contributed by atoms with E-state index < -0.39 is 17.4 Å². The van der Waals surface area contributed by atoms with Gasteiger partial charge in [-0.25, -0.2) is 14.8 Å². The summed E-state index contributed by atoms with van der Waals surface area (Å²) in [6.45, 7) is 2.59. The highest BCUT2D eigenvalue weighted by molar-refractivity contribution is 5.98. The van der Waals surface area contributed by atoms with Crippen molar-refractivity contribution < 1.29 is 19.5 Å². The lowest BCUT2D eigenvalue weighted by Crippen LogP contribution is -2.32. The largest absolute Gasteiger partial charge is 0.481 e. The van der Waals surface area contributed by atoms with Crippen molar-refractivity contribution in [3.8, 4) is 0 Å². The van der Waals surface area contributed by atoms with Gasteiger partial charge in [-0.05, 0) is 67.1 Å². The predicted octanol–water partition coefficient (Wildman–Crippen LogP) is 4.39. The van der Waals surface area contributed by atoms with Crippen LogP contribution in [0.2, 0.25) is 0 Å². The van der Waals surface area contributed by atoms with Crippen molar-refractivity contribution in [1.82, 2.24) is 19.9 Å². The zero-order chi connectivity index (χ0) is 26.7. The van der Waals surface area contributed by atoms with Crippen LogP contribution in [0.15, 0.2) is 61.1 Å². The number of pyridine rings is 3. The van der Waals surface area contributed by atoms with Gasteiger partial charge in [-0.15, -0.1) is 0 Å². The van der Waals surface area contributed by atoms with Crippen molar-refractivity contribution >= 4 is 29.5 Å². The minimum atomic E-state index is -0.765. The standard InChI is InChI=1S/C28H30N6O4/c1-18(28(10-11-28)26(36)37)21-16-20(9-13-29-21)22-5-4-14-34(22)25(35)15-19-7-8-24(31-17-19)33-27(38)32-23-6-2-3-12-30-23/h2-3,6-9,12-13,16-18,22H,4-5,10-11,14-15H2,1H3,(H,36,37)(H2,30,31,32,33,38). The Morgan fingerprint density at radius 3 is 2.50 bits per heavy atom. The van der Waals surface area contributed by atoms with Crippen LogP contribution < -0.4 is 10.6 Å². The number of aromatic nitrogens is 3. The zero-order valence-corrected chi connectivity index (χ0v) is 21.1. The Bertz CT molecular complexity index is 1330. The number of carbonyl (C=O) groups excluding carboxylic acids is 2. The molecule has 3 amide bonds. The van der Waals surface area contributed by atoms with Gasteiger partial charge >= 0.3 is 12.0 Å². The highest BCUT2D eigenvalue weighted by atomic mass is 16.4. The molecule has 38 heavy (non-hydrogen) atoms. The van der Waals surface area contributed by atoms with Gasteiger partial charge in [0.25, 0.3) is 0 Å². The molecule has 3 N–H and O–H groups in total. The van der Waals surface area contributed by atoms with E-state index in [-0.39, 0.29) is 24.3 Å². The van der Waals surface area contributed by atoms with Gasteiger partial charge in [-0.1, -0.05) is 19.1 Å². The Hall–Kier alpha value is -4.34. The fourth-order valence-electron chi connectivity index (χ4n) is 5.15. The fourth-order valence-corrected chi connectivity index (χ4v) is 5.15. The number of aliphatic carboxylic acids is 1. The lowest BCUT2D eigenvalue weighted by Gasteiger charge is -2.26. The Kier molecular flexibility index (Phi) is 7.04. The molecule has 10 nitrogen and oxygen atoms in total. The maximum absolute atomic E-state index is 13.3. The number of carbonyl (C=O) groups is 3. The Morgan fingerprint density at radius 2 is 1.84 bits per heavy atom. The number of amides is 3. The molecule has 2 atom stereocenters. The van der Waals surface area contributed by atoms with E-state index in [4.69, 9.17) is 0 Å². The highest BCUT2D eigenvalue weighted by Gasteiger charge is 2.55. The third kappa shape index (κ3) is 5.34. The molecule has 196 valence electrons. The second kappa shape index (κ2) is 10.6. The molecule has 1 aliphatic heterocycles. The van der Waals surface area contributed by atoms with E-state index in [2.05, 4.69) is 25.6 Å². The summed E-state index contributed by atoms with van der Waals surface area (Å²) in [4.78, 5) is 51.9. The molecule has 3 aromatic heterocycles. The third-order valence-corrected chi connectivity index (χ3v) is 7.58. The number of rotatable bonds is 8. The molecule has 0 spiro atoms. The number of anilines is 2. The first-order valence-electron chi connectivity index (χ1n) is 12.8. The Balaban J connectivity index is 1.21. The van der Waals surface area contributed by atoms with Crippen LogP contribution in [0, 0.1) is 5.41 Å². The number of urea groups is 1. The first-order valence-corrected chi connectivity index (χ1v) is 12.8. The van der Waals surface area contributed by atoms with Crippen molar-refractivity contribution in [2.24, 2.45) is 5.41 Å². The number of hydrogen-bond donors (Lipinski definition) is 3. The van der Waals surface area contributed by atoms with E-state index in [1.165, 1.54) is 0 Å². The summed E-state index contributed by atoms with van der Waals surface area (Å²) in [6, 6.07) is 12.0. The van der Waals surface area contributed by atoms with Crippen molar-refractivity contribution in [1.29, 1.82) is 0 Å². The lowest BCUT2D eigenvalue weighted by molar-refractivity contribution is -0.144. The van der Waals surface area contributed by atoms with E-state index in [1.807, 2.05) is 24.0 Å². The molecule has 10 heteroatoms. The second-order valence-electron chi connectivity index (χ2n) is 9.96. The molecular formula is C28H30N6O4. The third-order valence-electron chi connectivity index (χ3n) is 7.58. The molecule has 2 fully saturated rings. The minimum Gasteiger partial charge on any atom is -0.481 e. The summed E-state index contributed by atoms with van der Waals surface area (Å²) < 4.78 is 0. The fraction of sp³-hybridized carbons (Fsp3) is 0.357. The van der Waals surface area contributed by atoms with Crippen molar-refractivity contribution in [3.63, 3.8) is 0 Å². The zero-order valence-electron chi connectivity index (χ0n) is 21.1. The molecule has 5 rings (SSSR count). The van der Waals surface area contributed by atoms with Crippen LogP contribution in [0.25, 0.3) is 0 Å².